The maximum Gasteiger partial charge on any atom is 0.0644 e. The maximum absolute atomic E-state index is 6.56. The van der Waals surface area contributed by atoms with Crippen LogP contribution in [-0.2, 0) is 14.2 Å². The first-order valence-corrected chi connectivity index (χ1v) is 21.7. The fourth-order valence-electron chi connectivity index (χ4n) is 11.3. The second kappa shape index (κ2) is 20.7. The number of likely N-dealkylation sites (N-methyl/N-ethyl adjacent to an activating group) is 1. The van der Waals surface area contributed by atoms with Crippen molar-refractivity contribution in [2.24, 2.45) is 46.3 Å². The number of fused-ring (bicyclic) bond motifs is 5. The van der Waals surface area contributed by atoms with Crippen molar-refractivity contribution in [3.63, 3.8) is 0 Å². The van der Waals surface area contributed by atoms with E-state index in [-0.39, 0.29) is 0 Å². The third kappa shape index (κ3) is 11.5. The molecule has 3 saturated carbocycles. The number of hydrogen-bond acceptors (Lipinski definition) is 4. The molecule has 0 aromatic carbocycles. The Morgan fingerprint density at radius 3 is 2.10 bits per heavy atom. The van der Waals surface area contributed by atoms with E-state index in [1.165, 1.54) is 128 Å². The molecule has 3 fully saturated rings. The van der Waals surface area contributed by atoms with Gasteiger partial charge in [0.15, 0.2) is 0 Å². The van der Waals surface area contributed by atoms with Gasteiger partial charge in [-0.25, -0.2) is 0 Å². The van der Waals surface area contributed by atoms with Crippen molar-refractivity contribution >= 4 is 0 Å². The standard InChI is InChI=1S/C45H83NO3/c1-9-10-15-29-47-33-38(46(7)8)34-48-30-16-13-11-12-14-17-31-49-39-25-27-44(5)37(32-39)21-22-40-42-24-23-41(36(4)20-18-19-35(2)3)45(42,6)28-26-43(40)44/h21,35-36,38-43H,9-20,22-34H2,1-8H3/t36-,38+,39?,40?,41-,42?,43?,44?,45?/m1/s1. The zero-order valence-corrected chi connectivity index (χ0v) is 34.0. The molecule has 4 nitrogen and oxygen atoms in total. The van der Waals surface area contributed by atoms with Gasteiger partial charge in [-0.15, -0.1) is 0 Å². The van der Waals surface area contributed by atoms with Gasteiger partial charge in [0.2, 0.25) is 0 Å². The van der Waals surface area contributed by atoms with Crippen LogP contribution >= 0.6 is 0 Å². The SMILES string of the molecule is CCCCCOC[C@@H](COCCCCCCCCOC1CCC2(C)C(=CCC3C2CCC2(C)C3CC[C@@H]2[C@H](C)CCCC(C)C)C1)N(C)C. The minimum Gasteiger partial charge on any atom is -0.380 e. The van der Waals surface area contributed by atoms with Crippen LogP contribution in [0.3, 0.4) is 0 Å². The molecule has 0 amide bonds. The zero-order chi connectivity index (χ0) is 35.3. The lowest BCUT2D eigenvalue weighted by Crippen LogP contribution is -2.51. The Bertz CT molecular complexity index is 948. The lowest BCUT2D eigenvalue weighted by atomic mass is 9.47. The van der Waals surface area contributed by atoms with Gasteiger partial charge in [0.25, 0.3) is 0 Å². The lowest BCUT2D eigenvalue weighted by Gasteiger charge is -2.58. The minimum atomic E-state index is 0.354. The maximum atomic E-state index is 6.56. The van der Waals surface area contributed by atoms with Crippen molar-refractivity contribution in [1.82, 2.24) is 4.90 Å². The largest absolute Gasteiger partial charge is 0.380 e. The highest BCUT2D eigenvalue weighted by atomic mass is 16.5. The molecule has 49 heavy (non-hydrogen) atoms. The summed E-state index contributed by atoms with van der Waals surface area (Å²) in [7, 11) is 4.26. The smallest absolute Gasteiger partial charge is 0.0644 e. The van der Waals surface area contributed by atoms with Crippen LogP contribution < -0.4 is 0 Å². The van der Waals surface area contributed by atoms with Gasteiger partial charge in [-0.05, 0) is 131 Å². The second-order valence-corrected chi connectivity index (χ2v) is 18.6. The molecule has 0 aromatic rings. The Hall–Kier alpha value is -0.420. The molecular weight excluding hydrogens is 602 g/mol. The summed E-state index contributed by atoms with van der Waals surface area (Å²) in [5.41, 5.74) is 2.81. The molecule has 0 bridgehead atoms. The van der Waals surface area contributed by atoms with Crippen molar-refractivity contribution < 1.29 is 14.2 Å². The lowest BCUT2D eigenvalue weighted by molar-refractivity contribution is -0.0641. The van der Waals surface area contributed by atoms with E-state index in [4.69, 9.17) is 14.2 Å². The Labute approximate surface area is 305 Å². The van der Waals surface area contributed by atoms with E-state index >= 15 is 0 Å². The molecule has 0 saturated heterocycles. The summed E-state index contributed by atoms with van der Waals surface area (Å²) >= 11 is 0. The van der Waals surface area contributed by atoms with Gasteiger partial charge in [-0.3, -0.25) is 0 Å². The fourth-order valence-corrected chi connectivity index (χ4v) is 11.3. The van der Waals surface area contributed by atoms with Crippen molar-refractivity contribution in [2.45, 2.75) is 182 Å². The Balaban J connectivity index is 1.08. The van der Waals surface area contributed by atoms with Crippen LogP contribution in [0.4, 0.5) is 0 Å². The van der Waals surface area contributed by atoms with Gasteiger partial charge in [-0.1, -0.05) is 111 Å². The summed E-state index contributed by atoms with van der Waals surface area (Å²) in [6.45, 7) is 19.3. The van der Waals surface area contributed by atoms with Crippen LogP contribution in [0.5, 0.6) is 0 Å². The molecule has 0 N–H and O–H groups in total. The molecule has 0 aliphatic heterocycles. The average Bonchev–Trinajstić information content (AvgIpc) is 3.43. The van der Waals surface area contributed by atoms with Gasteiger partial charge >= 0.3 is 0 Å². The van der Waals surface area contributed by atoms with E-state index in [0.717, 1.165) is 68.5 Å². The van der Waals surface area contributed by atoms with Gasteiger partial charge < -0.3 is 19.1 Å². The molecule has 4 heteroatoms. The molecule has 0 spiro atoms. The molecular formula is C45H83NO3. The average molecular weight is 686 g/mol. The van der Waals surface area contributed by atoms with E-state index < -0.39 is 0 Å². The number of rotatable bonds is 24. The van der Waals surface area contributed by atoms with Crippen molar-refractivity contribution in [3.8, 4) is 0 Å². The summed E-state index contributed by atoms with van der Waals surface area (Å²) in [6.07, 6.45) is 29.9. The fraction of sp³-hybridized carbons (Fsp3) is 0.956. The first-order chi connectivity index (χ1) is 23.6. The normalized spacial score (nSPS) is 32.5. The van der Waals surface area contributed by atoms with Crippen LogP contribution in [0, 0.1) is 46.3 Å². The van der Waals surface area contributed by atoms with Crippen molar-refractivity contribution in [1.29, 1.82) is 0 Å². The van der Waals surface area contributed by atoms with Gasteiger partial charge in [-0.2, -0.15) is 0 Å². The quantitative estimate of drug-likeness (QED) is 0.0747. The molecule has 6 unspecified atom stereocenters. The van der Waals surface area contributed by atoms with E-state index in [1.807, 2.05) is 0 Å². The van der Waals surface area contributed by atoms with Crippen molar-refractivity contribution in [2.75, 3.05) is 47.1 Å². The highest BCUT2D eigenvalue weighted by molar-refractivity contribution is 5.25. The van der Waals surface area contributed by atoms with Gasteiger partial charge in [0.05, 0.1) is 25.4 Å². The zero-order valence-electron chi connectivity index (χ0n) is 34.0. The van der Waals surface area contributed by atoms with Crippen LogP contribution in [0.1, 0.15) is 170 Å². The molecule has 9 atom stereocenters. The summed E-state index contributed by atoms with van der Waals surface area (Å²) in [6, 6.07) is 0.354. The summed E-state index contributed by atoms with van der Waals surface area (Å²) in [5.74, 6) is 5.51. The van der Waals surface area contributed by atoms with Gasteiger partial charge in [0, 0.05) is 19.8 Å². The van der Waals surface area contributed by atoms with E-state index in [2.05, 4.69) is 66.6 Å². The number of allylic oxidation sites excluding steroid dienone is 1. The molecule has 0 radical (unpaired) electrons. The van der Waals surface area contributed by atoms with Crippen LogP contribution in [0.25, 0.3) is 0 Å². The summed E-state index contributed by atoms with van der Waals surface area (Å²) in [5, 5.41) is 0. The summed E-state index contributed by atoms with van der Waals surface area (Å²) in [4.78, 5) is 2.24. The number of hydrogen-bond donors (Lipinski definition) is 0. The van der Waals surface area contributed by atoms with Crippen LogP contribution in [-0.4, -0.2) is 64.2 Å². The monoisotopic (exact) mass is 686 g/mol. The van der Waals surface area contributed by atoms with Crippen molar-refractivity contribution in [3.05, 3.63) is 11.6 Å². The first kappa shape index (κ1) is 41.3. The molecule has 0 aromatic heterocycles. The molecule has 286 valence electrons. The van der Waals surface area contributed by atoms with Crippen LogP contribution in [0.2, 0.25) is 0 Å². The predicted octanol–water partition coefficient (Wildman–Crippen LogP) is 11.9. The van der Waals surface area contributed by atoms with Crippen LogP contribution in [0.15, 0.2) is 11.6 Å². The Kier molecular flexibility index (Phi) is 17.5. The number of nitrogens with zero attached hydrogens (tertiary/aromatic N) is 1. The topological polar surface area (TPSA) is 30.9 Å². The third-order valence-electron chi connectivity index (χ3n) is 14.5. The molecule has 4 aliphatic carbocycles. The molecule has 4 rings (SSSR count). The second-order valence-electron chi connectivity index (χ2n) is 18.6. The highest BCUT2D eigenvalue weighted by Gasteiger charge is 2.59. The summed E-state index contributed by atoms with van der Waals surface area (Å²) < 4.78 is 18.5. The van der Waals surface area contributed by atoms with Gasteiger partial charge in [0.1, 0.15) is 0 Å². The number of ether oxygens (including phenoxy) is 3. The predicted molar refractivity (Wildman–Crippen MR) is 209 cm³/mol. The Morgan fingerprint density at radius 2 is 1.43 bits per heavy atom. The molecule has 0 heterocycles. The van der Waals surface area contributed by atoms with E-state index in [9.17, 15) is 0 Å². The Morgan fingerprint density at radius 1 is 0.755 bits per heavy atom. The van der Waals surface area contributed by atoms with E-state index in [0.29, 0.717) is 23.0 Å². The van der Waals surface area contributed by atoms with E-state index in [1.54, 1.807) is 5.57 Å². The third-order valence-corrected chi connectivity index (χ3v) is 14.5. The minimum absolute atomic E-state index is 0.354. The highest BCUT2D eigenvalue weighted by Crippen LogP contribution is 2.67. The molecule has 4 aliphatic rings. The first-order valence-electron chi connectivity index (χ1n) is 21.7. The number of unbranched alkanes of at least 4 members (excludes halogenated alkanes) is 7.